The second kappa shape index (κ2) is 4.31. The molecule has 0 heterocycles. The van der Waals surface area contributed by atoms with Crippen molar-refractivity contribution < 1.29 is 4.74 Å². The first kappa shape index (κ1) is 10.1. The third-order valence-corrected chi connectivity index (χ3v) is 2.41. The van der Waals surface area contributed by atoms with Crippen molar-refractivity contribution in [1.82, 2.24) is 0 Å². The summed E-state index contributed by atoms with van der Waals surface area (Å²) in [6, 6.07) is 4.22. The zero-order valence-electron chi connectivity index (χ0n) is 8.98. The molecule has 0 fully saturated rings. The number of hydrogen-bond acceptors (Lipinski definition) is 1. The molecular formula is C12H18O. The lowest BCUT2D eigenvalue weighted by molar-refractivity contribution is 0.414. The smallest absolute Gasteiger partial charge is 0.119 e. The number of methoxy groups -OCH3 is 1. The van der Waals surface area contributed by atoms with Crippen LogP contribution < -0.4 is 4.74 Å². The fourth-order valence-corrected chi connectivity index (χ4v) is 1.72. The Morgan fingerprint density at radius 3 is 2.08 bits per heavy atom. The monoisotopic (exact) mass is 178 g/mol. The van der Waals surface area contributed by atoms with Crippen molar-refractivity contribution in [2.24, 2.45) is 0 Å². The lowest BCUT2D eigenvalue weighted by Crippen LogP contribution is -1.95. The lowest BCUT2D eigenvalue weighted by atomic mass is 9.98. The van der Waals surface area contributed by atoms with Gasteiger partial charge in [0.1, 0.15) is 5.75 Å². The zero-order chi connectivity index (χ0) is 9.84. The van der Waals surface area contributed by atoms with E-state index >= 15 is 0 Å². The molecule has 0 aromatic heterocycles. The summed E-state index contributed by atoms with van der Waals surface area (Å²) in [7, 11) is 1.72. The van der Waals surface area contributed by atoms with Gasteiger partial charge in [-0.3, -0.25) is 0 Å². The minimum atomic E-state index is 0.967. The van der Waals surface area contributed by atoms with Crippen LogP contribution in [0.15, 0.2) is 12.1 Å². The molecule has 0 unspecified atom stereocenters. The largest absolute Gasteiger partial charge is 0.497 e. The molecule has 0 saturated carbocycles. The average molecular weight is 178 g/mol. The first-order valence-electron chi connectivity index (χ1n) is 4.83. The topological polar surface area (TPSA) is 9.23 Å². The third kappa shape index (κ3) is 2.24. The van der Waals surface area contributed by atoms with Crippen LogP contribution in [0.2, 0.25) is 0 Å². The fourth-order valence-electron chi connectivity index (χ4n) is 1.72. The first-order valence-corrected chi connectivity index (χ1v) is 4.83. The van der Waals surface area contributed by atoms with Crippen LogP contribution in [-0.2, 0) is 6.42 Å². The molecule has 0 aliphatic heterocycles. The SMILES string of the molecule is CCCc1c(C)cc(OC)cc1C. The summed E-state index contributed by atoms with van der Waals surface area (Å²) in [5.74, 6) is 0.967. The standard InChI is InChI=1S/C12H18O/c1-5-6-12-9(2)7-11(13-4)8-10(12)3/h7-8H,5-6H2,1-4H3. The van der Waals surface area contributed by atoms with Crippen LogP contribution >= 0.6 is 0 Å². The van der Waals surface area contributed by atoms with Gasteiger partial charge in [0.05, 0.1) is 7.11 Å². The molecule has 0 atom stereocenters. The maximum Gasteiger partial charge on any atom is 0.119 e. The molecule has 1 rings (SSSR count). The molecule has 1 nitrogen and oxygen atoms in total. The molecule has 0 spiro atoms. The van der Waals surface area contributed by atoms with Crippen LogP contribution in [0.5, 0.6) is 5.75 Å². The quantitative estimate of drug-likeness (QED) is 0.690. The van der Waals surface area contributed by atoms with Crippen LogP contribution in [0.3, 0.4) is 0 Å². The highest BCUT2D eigenvalue weighted by Crippen LogP contribution is 2.22. The van der Waals surface area contributed by atoms with E-state index in [4.69, 9.17) is 4.74 Å². The van der Waals surface area contributed by atoms with Gasteiger partial charge in [-0.1, -0.05) is 13.3 Å². The highest BCUT2D eigenvalue weighted by molar-refractivity contribution is 5.41. The van der Waals surface area contributed by atoms with E-state index in [9.17, 15) is 0 Å². The summed E-state index contributed by atoms with van der Waals surface area (Å²) in [5, 5.41) is 0. The Morgan fingerprint density at radius 2 is 1.69 bits per heavy atom. The van der Waals surface area contributed by atoms with Crippen LogP contribution in [0, 0.1) is 13.8 Å². The first-order chi connectivity index (χ1) is 6.19. The van der Waals surface area contributed by atoms with Crippen molar-refractivity contribution in [1.29, 1.82) is 0 Å². The number of aryl methyl sites for hydroxylation is 2. The van der Waals surface area contributed by atoms with Crippen LogP contribution in [0.1, 0.15) is 30.0 Å². The molecule has 1 aromatic carbocycles. The summed E-state index contributed by atoms with van der Waals surface area (Å²) in [6.45, 7) is 6.52. The van der Waals surface area contributed by atoms with Gasteiger partial charge in [0.2, 0.25) is 0 Å². The molecule has 0 aliphatic carbocycles. The molecule has 0 aliphatic rings. The van der Waals surface area contributed by atoms with Gasteiger partial charge in [0.25, 0.3) is 0 Å². The zero-order valence-corrected chi connectivity index (χ0v) is 8.98. The van der Waals surface area contributed by atoms with E-state index in [2.05, 4.69) is 32.9 Å². The predicted octanol–water partition coefficient (Wildman–Crippen LogP) is 3.26. The molecular weight excluding hydrogens is 160 g/mol. The summed E-state index contributed by atoms with van der Waals surface area (Å²) < 4.78 is 5.21. The van der Waals surface area contributed by atoms with Crippen LogP contribution in [0.25, 0.3) is 0 Å². The van der Waals surface area contributed by atoms with E-state index in [1.807, 2.05) is 0 Å². The molecule has 1 heteroatoms. The molecule has 13 heavy (non-hydrogen) atoms. The van der Waals surface area contributed by atoms with Crippen molar-refractivity contribution in [3.8, 4) is 5.75 Å². The number of rotatable bonds is 3. The van der Waals surface area contributed by atoms with E-state index < -0.39 is 0 Å². The number of ether oxygens (including phenoxy) is 1. The molecule has 1 aromatic rings. The van der Waals surface area contributed by atoms with Gasteiger partial charge < -0.3 is 4.74 Å². The maximum atomic E-state index is 5.21. The van der Waals surface area contributed by atoms with Crippen LogP contribution in [-0.4, -0.2) is 7.11 Å². The van der Waals surface area contributed by atoms with Gasteiger partial charge in [0, 0.05) is 0 Å². The van der Waals surface area contributed by atoms with Crippen molar-refractivity contribution in [3.05, 3.63) is 28.8 Å². The van der Waals surface area contributed by atoms with E-state index in [1.165, 1.54) is 29.5 Å². The Balaban J connectivity index is 3.07. The lowest BCUT2D eigenvalue weighted by Gasteiger charge is -2.10. The molecule has 0 saturated heterocycles. The predicted molar refractivity (Wildman–Crippen MR) is 56.5 cm³/mol. The average Bonchev–Trinajstić information content (AvgIpc) is 2.11. The van der Waals surface area contributed by atoms with E-state index in [-0.39, 0.29) is 0 Å². The van der Waals surface area contributed by atoms with Gasteiger partial charge in [0.15, 0.2) is 0 Å². The van der Waals surface area contributed by atoms with Crippen molar-refractivity contribution >= 4 is 0 Å². The van der Waals surface area contributed by atoms with Crippen molar-refractivity contribution in [2.75, 3.05) is 7.11 Å². The Kier molecular flexibility index (Phi) is 3.35. The molecule has 0 N–H and O–H groups in total. The van der Waals surface area contributed by atoms with Gasteiger partial charge in [-0.15, -0.1) is 0 Å². The van der Waals surface area contributed by atoms with Gasteiger partial charge in [-0.2, -0.15) is 0 Å². The summed E-state index contributed by atoms with van der Waals surface area (Å²) in [4.78, 5) is 0. The third-order valence-electron chi connectivity index (χ3n) is 2.41. The normalized spacial score (nSPS) is 10.2. The Morgan fingerprint density at radius 1 is 1.15 bits per heavy atom. The van der Waals surface area contributed by atoms with Gasteiger partial charge in [-0.05, 0) is 49.1 Å². The Hall–Kier alpha value is -0.980. The van der Waals surface area contributed by atoms with Gasteiger partial charge in [-0.25, -0.2) is 0 Å². The Labute approximate surface area is 80.7 Å². The second-order valence-corrected chi connectivity index (χ2v) is 3.49. The highest BCUT2D eigenvalue weighted by atomic mass is 16.5. The fraction of sp³-hybridized carbons (Fsp3) is 0.500. The second-order valence-electron chi connectivity index (χ2n) is 3.49. The Bertz CT molecular complexity index is 266. The highest BCUT2D eigenvalue weighted by Gasteiger charge is 2.03. The van der Waals surface area contributed by atoms with Gasteiger partial charge >= 0.3 is 0 Å². The summed E-state index contributed by atoms with van der Waals surface area (Å²) in [5.41, 5.74) is 4.17. The molecule has 0 radical (unpaired) electrons. The van der Waals surface area contributed by atoms with Crippen LogP contribution in [0.4, 0.5) is 0 Å². The minimum Gasteiger partial charge on any atom is -0.497 e. The molecule has 72 valence electrons. The van der Waals surface area contributed by atoms with Crippen molar-refractivity contribution in [3.63, 3.8) is 0 Å². The summed E-state index contributed by atoms with van der Waals surface area (Å²) in [6.07, 6.45) is 2.37. The summed E-state index contributed by atoms with van der Waals surface area (Å²) >= 11 is 0. The minimum absolute atomic E-state index is 0.967. The molecule has 0 bridgehead atoms. The maximum absolute atomic E-state index is 5.21. The van der Waals surface area contributed by atoms with Crippen molar-refractivity contribution in [2.45, 2.75) is 33.6 Å². The van der Waals surface area contributed by atoms with E-state index in [0.717, 1.165) is 5.75 Å². The molecule has 0 amide bonds. The number of hydrogen-bond donors (Lipinski definition) is 0. The van der Waals surface area contributed by atoms with E-state index in [0.29, 0.717) is 0 Å². The number of benzene rings is 1. The van der Waals surface area contributed by atoms with E-state index in [1.54, 1.807) is 7.11 Å².